The van der Waals surface area contributed by atoms with Crippen molar-refractivity contribution in [2.45, 2.75) is 77.3 Å². The molecule has 0 spiro atoms. The van der Waals surface area contributed by atoms with Crippen molar-refractivity contribution in [3.05, 3.63) is 16.7 Å². The monoisotopic (exact) mass is 468 g/mol. The molecule has 11 nitrogen and oxygen atoms in total. The van der Waals surface area contributed by atoms with Crippen LogP contribution in [0.3, 0.4) is 0 Å². The molecular formula is C20H33N5O6Si. The second-order valence-electron chi connectivity index (χ2n) is 9.95. The summed E-state index contributed by atoms with van der Waals surface area (Å²) in [5, 5.41) is 17.9. The van der Waals surface area contributed by atoms with E-state index in [1.807, 2.05) is 0 Å². The maximum atomic E-state index is 12.6. The lowest BCUT2D eigenvalue weighted by atomic mass is 10.1. The molecule has 0 aliphatic carbocycles. The molecule has 4 atom stereocenters. The zero-order valence-corrected chi connectivity index (χ0v) is 20.5. The lowest BCUT2D eigenvalue weighted by Gasteiger charge is -2.40. The van der Waals surface area contributed by atoms with Gasteiger partial charge in [0.05, 0.1) is 12.9 Å². The molecule has 32 heavy (non-hydrogen) atoms. The van der Waals surface area contributed by atoms with Crippen LogP contribution in [0.4, 0.5) is 5.95 Å². The summed E-state index contributed by atoms with van der Waals surface area (Å²) < 4.78 is 21.1. The Morgan fingerprint density at radius 2 is 2.16 bits per heavy atom. The molecule has 0 radical (unpaired) electrons. The van der Waals surface area contributed by atoms with E-state index < -0.39 is 38.4 Å². The number of carbonyl (C=O) groups is 1. The summed E-state index contributed by atoms with van der Waals surface area (Å²) >= 11 is 0. The number of amides is 1. The van der Waals surface area contributed by atoms with Gasteiger partial charge in [-0.25, -0.2) is 4.98 Å². The number of anilines is 1. The van der Waals surface area contributed by atoms with Crippen molar-refractivity contribution in [2.24, 2.45) is 5.92 Å². The van der Waals surface area contributed by atoms with Gasteiger partial charge >= 0.3 is 0 Å². The molecular weight excluding hydrogens is 434 g/mol. The van der Waals surface area contributed by atoms with Gasteiger partial charge in [-0.1, -0.05) is 34.6 Å². The highest BCUT2D eigenvalue weighted by atomic mass is 28.4. The van der Waals surface area contributed by atoms with Gasteiger partial charge in [-0.3, -0.25) is 24.5 Å². The van der Waals surface area contributed by atoms with Crippen LogP contribution in [-0.4, -0.2) is 70.3 Å². The van der Waals surface area contributed by atoms with Crippen molar-refractivity contribution in [3.63, 3.8) is 0 Å². The van der Waals surface area contributed by atoms with E-state index in [0.29, 0.717) is 0 Å². The van der Waals surface area contributed by atoms with E-state index >= 15 is 0 Å². The molecule has 12 heteroatoms. The first kappa shape index (κ1) is 23.0. The number of rotatable bonds is 7. The number of fused-ring (bicyclic) bond motifs is 1. The summed E-state index contributed by atoms with van der Waals surface area (Å²) in [6.07, 6.45) is -2.18. The molecule has 0 saturated carbocycles. The normalized spacial score (nSPS) is 24.8. The maximum Gasteiger partial charge on any atom is 0.280 e. The molecule has 1 unspecified atom stereocenters. The fourth-order valence-corrected chi connectivity index (χ4v) is 4.45. The van der Waals surface area contributed by atoms with Crippen LogP contribution in [-0.2, 0) is 14.0 Å². The zero-order valence-electron chi connectivity index (χ0n) is 20.5. The number of aromatic nitrogens is 4. The Kier molecular flexibility index (Phi) is 6.24. The third-order valence-corrected chi connectivity index (χ3v) is 10.7. The van der Waals surface area contributed by atoms with Gasteiger partial charge in [0.1, 0.15) is 18.3 Å². The van der Waals surface area contributed by atoms with Crippen LogP contribution in [0, 0.1) is 5.92 Å². The Labute approximate surface area is 188 Å². The van der Waals surface area contributed by atoms with Crippen molar-refractivity contribution < 1.29 is 24.2 Å². The second-order valence-corrected chi connectivity index (χ2v) is 14.7. The molecule has 3 rings (SSSR count). The van der Waals surface area contributed by atoms with E-state index in [9.17, 15) is 14.7 Å². The van der Waals surface area contributed by atoms with Gasteiger partial charge in [-0.05, 0) is 18.1 Å². The van der Waals surface area contributed by atoms with Gasteiger partial charge in [0, 0.05) is 5.92 Å². The molecule has 1 fully saturated rings. The highest BCUT2D eigenvalue weighted by Crippen LogP contribution is 2.42. The fraction of sp³-hybridized carbons (Fsp3) is 0.700. The standard InChI is InChI=1S/C20H33N5O6Si/c1-10(2)16(28)23-19-22-15-12(17(29)24-19)21-9-25(15)18-14(13(27)11(8-26)30-18)31-32(6,7)20(3,4)5/h9-11,13-14,18,26-27H,8H2,1-7H3,(H2,22,23,24,28,29)/t11-,13+,14?,18-/m1/s1/i26D. The molecule has 2 aromatic heterocycles. The first-order chi connectivity index (χ1) is 15.3. The number of H-pyrrole nitrogens is 1. The smallest absolute Gasteiger partial charge is 0.280 e. The van der Waals surface area contributed by atoms with E-state index in [1.165, 1.54) is 10.9 Å². The van der Waals surface area contributed by atoms with Gasteiger partial charge in [-0.2, -0.15) is 4.98 Å². The van der Waals surface area contributed by atoms with Gasteiger partial charge < -0.3 is 19.4 Å². The lowest BCUT2D eigenvalue weighted by Crippen LogP contribution is -2.48. The quantitative estimate of drug-likeness (QED) is 0.445. The summed E-state index contributed by atoms with van der Waals surface area (Å²) in [5.74, 6) is -0.625. The number of aromatic amines is 1. The minimum absolute atomic E-state index is 0.0144. The number of ether oxygens (including phenoxy) is 1. The van der Waals surface area contributed by atoms with Gasteiger partial charge in [0.2, 0.25) is 13.3 Å². The topological polar surface area (TPSA) is 152 Å². The van der Waals surface area contributed by atoms with Crippen LogP contribution in [0.2, 0.25) is 18.1 Å². The molecule has 3 heterocycles. The van der Waals surface area contributed by atoms with Crippen molar-refractivity contribution >= 4 is 31.3 Å². The van der Waals surface area contributed by atoms with E-state index in [4.69, 9.17) is 10.6 Å². The molecule has 1 aliphatic rings. The molecule has 4 N–H and O–H groups in total. The van der Waals surface area contributed by atoms with Crippen LogP contribution in [0.1, 0.15) is 40.8 Å². The summed E-state index contributed by atoms with van der Waals surface area (Å²) in [5.41, 5.74) is -0.294. The third kappa shape index (κ3) is 4.50. The molecule has 2 aromatic rings. The van der Waals surface area contributed by atoms with E-state index in [0.717, 1.165) is 0 Å². The Balaban J connectivity index is 2.05. The van der Waals surface area contributed by atoms with Crippen molar-refractivity contribution in [1.29, 1.82) is 1.43 Å². The van der Waals surface area contributed by atoms with E-state index in [1.54, 1.807) is 13.8 Å². The molecule has 0 bridgehead atoms. The summed E-state index contributed by atoms with van der Waals surface area (Å²) in [6, 6.07) is 0. The lowest BCUT2D eigenvalue weighted by molar-refractivity contribution is -0.118. The summed E-state index contributed by atoms with van der Waals surface area (Å²) in [6.45, 7) is 13.6. The van der Waals surface area contributed by atoms with Crippen molar-refractivity contribution in [3.8, 4) is 0 Å². The number of nitrogens with one attached hydrogen (secondary N) is 2. The highest BCUT2D eigenvalue weighted by Gasteiger charge is 2.50. The number of carbonyl (C=O) groups excluding carboxylic acids is 1. The Morgan fingerprint density at radius 3 is 2.75 bits per heavy atom. The molecule has 0 aromatic carbocycles. The second kappa shape index (κ2) is 8.67. The molecule has 1 saturated heterocycles. The largest absolute Gasteiger partial charge is 0.407 e. The average Bonchev–Trinajstić information content (AvgIpc) is 3.24. The number of hydrogen-bond acceptors (Lipinski definition) is 8. The van der Waals surface area contributed by atoms with Crippen molar-refractivity contribution in [1.82, 2.24) is 19.5 Å². The van der Waals surface area contributed by atoms with Crippen LogP contribution in [0.25, 0.3) is 11.2 Å². The predicted octanol–water partition coefficient (Wildman–Crippen LogP) is 1.36. The molecule has 1 aliphatic heterocycles. The number of aliphatic hydroxyl groups excluding tert-OH is 2. The number of hydrogen-bond donors (Lipinski definition) is 4. The first-order valence-corrected chi connectivity index (χ1v) is 13.5. The minimum atomic E-state index is -2.35. The Hall–Kier alpha value is -2.12. The van der Waals surface area contributed by atoms with Crippen LogP contribution >= 0.6 is 0 Å². The van der Waals surface area contributed by atoms with E-state index in [2.05, 4.69) is 59.2 Å². The maximum absolute atomic E-state index is 12.6. The number of aliphatic hydroxyl groups is 2. The molecule has 1 amide bonds. The Bertz CT molecular complexity index is 1070. The van der Waals surface area contributed by atoms with E-state index in [-0.39, 0.29) is 40.6 Å². The molecule has 178 valence electrons. The van der Waals surface area contributed by atoms with Crippen LogP contribution in [0.15, 0.2) is 11.1 Å². The zero-order chi connectivity index (χ0) is 24.7. The fourth-order valence-electron chi connectivity index (χ4n) is 3.16. The predicted molar refractivity (Wildman–Crippen MR) is 121 cm³/mol. The number of nitrogens with zero attached hydrogens (tertiary/aromatic N) is 3. The van der Waals surface area contributed by atoms with Gasteiger partial charge in [-0.15, -0.1) is 0 Å². The third-order valence-electron chi connectivity index (χ3n) is 6.19. The average molecular weight is 469 g/mol. The Morgan fingerprint density at radius 1 is 1.47 bits per heavy atom. The van der Waals surface area contributed by atoms with Gasteiger partial charge in [0.15, 0.2) is 25.7 Å². The first-order valence-electron chi connectivity index (χ1n) is 11.0. The summed E-state index contributed by atoms with van der Waals surface area (Å²) in [7, 11) is -2.35. The SMILES string of the molecule is [2H]OC[C@H]1O[C@@H](n2cnc3c(=O)[nH]c(NC(=O)C(C)C)nc32)C(O[Si](C)(C)C(C)(C)C)[C@H]1O. The van der Waals surface area contributed by atoms with Gasteiger partial charge in [0.25, 0.3) is 5.56 Å². The van der Waals surface area contributed by atoms with Crippen LogP contribution < -0.4 is 10.9 Å². The van der Waals surface area contributed by atoms with Crippen LogP contribution in [0.5, 0.6) is 0 Å². The number of imidazole rings is 1. The summed E-state index contributed by atoms with van der Waals surface area (Å²) in [4.78, 5) is 35.7. The minimum Gasteiger partial charge on any atom is -0.407 e. The van der Waals surface area contributed by atoms with Crippen molar-refractivity contribution in [2.75, 3.05) is 11.9 Å². The highest BCUT2D eigenvalue weighted by molar-refractivity contribution is 6.74.